The lowest BCUT2D eigenvalue weighted by Crippen LogP contribution is -2.37. The fourth-order valence-corrected chi connectivity index (χ4v) is 4.84. The first-order chi connectivity index (χ1) is 16.1. The Morgan fingerprint density at radius 2 is 1.97 bits per heavy atom. The molecule has 7 nitrogen and oxygen atoms in total. The molecule has 2 aromatic carbocycles. The van der Waals surface area contributed by atoms with Gasteiger partial charge in [0.15, 0.2) is 0 Å². The van der Waals surface area contributed by atoms with E-state index in [0.717, 1.165) is 37.2 Å². The van der Waals surface area contributed by atoms with Gasteiger partial charge in [0.2, 0.25) is 5.91 Å². The number of rotatable bonds is 6. The topological polar surface area (TPSA) is 91.1 Å². The Kier molecular flexibility index (Phi) is 5.86. The van der Waals surface area contributed by atoms with E-state index in [1.165, 1.54) is 10.9 Å². The molecule has 33 heavy (non-hydrogen) atoms. The second-order valence-corrected chi connectivity index (χ2v) is 8.69. The van der Waals surface area contributed by atoms with Crippen LogP contribution >= 0.6 is 0 Å². The summed E-state index contributed by atoms with van der Waals surface area (Å²) >= 11 is 0. The molecule has 1 saturated heterocycles. The van der Waals surface area contributed by atoms with Crippen LogP contribution in [0.3, 0.4) is 0 Å². The van der Waals surface area contributed by atoms with Crippen LogP contribution in [0.4, 0.5) is 0 Å². The standard InChI is InChI=1S/C26H28N4O3/c1-33-18-9-10-22-20(15-18)21(16-27-22)17-11-13-30(14-12-17)25(31)8-4-7-24-28-23-6-3-2-5-19(23)26(32)29-24/h2-3,5-6,9-10,15-17,27H,4,7-8,11-14H2,1H3,(H,28,29,32). The van der Waals surface area contributed by atoms with Crippen molar-refractivity contribution >= 4 is 27.7 Å². The molecule has 0 saturated carbocycles. The largest absolute Gasteiger partial charge is 0.497 e. The van der Waals surface area contributed by atoms with E-state index in [9.17, 15) is 9.59 Å². The van der Waals surface area contributed by atoms with E-state index < -0.39 is 0 Å². The average Bonchev–Trinajstić information content (AvgIpc) is 3.27. The van der Waals surface area contributed by atoms with Gasteiger partial charge in [-0.15, -0.1) is 0 Å². The summed E-state index contributed by atoms with van der Waals surface area (Å²) in [6.07, 6.45) is 5.72. The highest BCUT2D eigenvalue weighted by Gasteiger charge is 2.25. The van der Waals surface area contributed by atoms with Crippen LogP contribution in [0.15, 0.2) is 53.5 Å². The van der Waals surface area contributed by atoms with Crippen molar-refractivity contribution < 1.29 is 9.53 Å². The molecule has 1 amide bonds. The van der Waals surface area contributed by atoms with Gasteiger partial charge >= 0.3 is 0 Å². The van der Waals surface area contributed by atoms with E-state index >= 15 is 0 Å². The van der Waals surface area contributed by atoms with Crippen molar-refractivity contribution in [2.75, 3.05) is 20.2 Å². The van der Waals surface area contributed by atoms with E-state index in [1.807, 2.05) is 35.2 Å². The van der Waals surface area contributed by atoms with Gasteiger partial charge < -0.3 is 19.6 Å². The highest BCUT2D eigenvalue weighted by Crippen LogP contribution is 2.34. The molecule has 0 bridgehead atoms. The molecule has 3 heterocycles. The number of likely N-dealkylation sites (tertiary alicyclic amines) is 1. The van der Waals surface area contributed by atoms with Gasteiger partial charge in [-0.05, 0) is 61.1 Å². The normalized spacial score (nSPS) is 14.8. The number of benzene rings is 2. The molecule has 0 unspecified atom stereocenters. The number of nitrogens with zero attached hydrogens (tertiary/aromatic N) is 2. The van der Waals surface area contributed by atoms with Gasteiger partial charge in [-0.25, -0.2) is 4.98 Å². The van der Waals surface area contributed by atoms with Crippen LogP contribution in [0.25, 0.3) is 21.8 Å². The summed E-state index contributed by atoms with van der Waals surface area (Å²) in [7, 11) is 1.69. The predicted octanol–water partition coefficient (Wildman–Crippen LogP) is 4.14. The number of aromatic amines is 2. The first-order valence-corrected chi connectivity index (χ1v) is 11.5. The first-order valence-electron chi connectivity index (χ1n) is 11.5. The number of hydrogen-bond donors (Lipinski definition) is 2. The van der Waals surface area contributed by atoms with Crippen molar-refractivity contribution in [2.45, 2.75) is 38.0 Å². The first kappa shape index (κ1) is 21.2. The third-order valence-corrected chi connectivity index (χ3v) is 6.67. The summed E-state index contributed by atoms with van der Waals surface area (Å²) < 4.78 is 5.39. The van der Waals surface area contributed by atoms with Crippen LogP contribution in [-0.2, 0) is 11.2 Å². The number of carbonyl (C=O) groups is 1. The summed E-state index contributed by atoms with van der Waals surface area (Å²) in [5, 5.41) is 1.80. The van der Waals surface area contributed by atoms with E-state index in [2.05, 4.69) is 27.2 Å². The lowest BCUT2D eigenvalue weighted by Gasteiger charge is -2.32. The Labute approximate surface area is 191 Å². The van der Waals surface area contributed by atoms with Crippen molar-refractivity contribution in [3.8, 4) is 5.75 Å². The molecule has 1 aliphatic rings. The number of nitrogens with one attached hydrogen (secondary N) is 2. The molecule has 1 aliphatic heterocycles. The Balaban J connectivity index is 1.16. The minimum absolute atomic E-state index is 0.126. The minimum atomic E-state index is -0.126. The number of carbonyl (C=O) groups excluding carboxylic acids is 1. The smallest absolute Gasteiger partial charge is 0.258 e. The van der Waals surface area contributed by atoms with Crippen LogP contribution in [0.1, 0.15) is 43.0 Å². The third-order valence-electron chi connectivity index (χ3n) is 6.67. The Hall–Kier alpha value is -3.61. The maximum atomic E-state index is 12.8. The average molecular weight is 445 g/mol. The number of aryl methyl sites for hydroxylation is 1. The van der Waals surface area contributed by atoms with Crippen LogP contribution < -0.4 is 10.3 Å². The van der Waals surface area contributed by atoms with Crippen LogP contribution in [0, 0.1) is 0 Å². The zero-order valence-corrected chi connectivity index (χ0v) is 18.8. The summed E-state index contributed by atoms with van der Waals surface area (Å²) in [5.74, 6) is 2.11. The molecule has 170 valence electrons. The zero-order valence-electron chi connectivity index (χ0n) is 18.8. The van der Waals surface area contributed by atoms with Gasteiger partial charge in [0.1, 0.15) is 11.6 Å². The number of hydrogen-bond acceptors (Lipinski definition) is 4. The van der Waals surface area contributed by atoms with Crippen molar-refractivity contribution in [2.24, 2.45) is 0 Å². The molecule has 0 aliphatic carbocycles. The number of fused-ring (bicyclic) bond motifs is 2. The molecule has 0 radical (unpaired) electrons. The van der Waals surface area contributed by atoms with E-state index in [4.69, 9.17) is 4.74 Å². The molecule has 2 N–H and O–H groups in total. The van der Waals surface area contributed by atoms with Gasteiger partial charge in [0.25, 0.3) is 5.56 Å². The molecular weight excluding hydrogens is 416 g/mol. The lowest BCUT2D eigenvalue weighted by molar-refractivity contribution is -0.132. The Bertz CT molecular complexity index is 1350. The lowest BCUT2D eigenvalue weighted by atomic mass is 9.89. The highest BCUT2D eigenvalue weighted by atomic mass is 16.5. The number of H-pyrrole nitrogens is 2. The van der Waals surface area contributed by atoms with Crippen molar-refractivity contribution in [3.63, 3.8) is 0 Å². The van der Waals surface area contributed by atoms with Crippen LogP contribution in [0.2, 0.25) is 0 Å². The third kappa shape index (κ3) is 4.35. The van der Waals surface area contributed by atoms with Crippen LogP contribution in [0.5, 0.6) is 5.75 Å². The summed E-state index contributed by atoms with van der Waals surface area (Å²) in [4.78, 5) is 37.7. The highest BCUT2D eigenvalue weighted by molar-refractivity contribution is 5.85. The van der Waals surface area contributed by atoms with Crippen molar-refractivity contribution in [3.05, 3.63) is 70.4 Å². The minimum Gasteiger partial charge on any atom is -0.497 e. The quantitative estimate of drug-likeness (QED) is 0.468. The molecule has 0 atom stereocenters. The van der Waals surface area contributed by atoms with Gasteiger partial charge in [-0.2, -0.15) is 0 Å². The Morgan fingerprint density at radius 3 is 2.79 bits per heavy atom. The molecule has 2 aromatic heterocycles. The van der Waals surface area contributed by atoms with Crippen LogP contribution in [-0.4, -0.2) is 46.0 Å². The van der Waals surface area contributed by atoms with Crippen molar-refractivity contribution in [1.82, 2.24) is 19.9 Å². The maximum absolute atomic E-state index is 12.8. The Morgan fingerprint density at radius 1 is 1.15 bits per heavy atom. The monoisotopic (exact) mass is 444 g/mol. The molecular formula is C26H28N4O3. The number of piperidine rings is 1. The number of aromatic nitrogens is 3. The fraction of sp³-hybridized carbons (Fsp3) is 0.346. The zero-order chi connectivity index (χ0) is 22.8. The summed E-state index contributed by atoms with van der Waals surface area (Å²) in [5.41, 5.74) is 2.99. The van der Waals surface area contributed by atoms with Crippen molar-refractivity contribution in [1.29, 1.82) is 0 Å². The molecule has 0 spiro atoms. The molecule has 1 fully saturated rings. The fourth-order valence-electron chi connectivity index (χ4n) is 4.84. The molecule has 7 heteroatoms. The summed E-state index contributed by atoms with van der Waals surface area (Å²) in [6, 6.07) is 13.4. The number of ether oxygens (including phenoxy) is 1. The van der Waals surface area contributed by atoms with Gasteiger partial charge in [-0.3, -0.25) is 9.59 Å². The number of para-hydroxylation sites is 1. The van der Waals surface area contributed by atoms with Gasteiger partial charge in [0.05, 0.1) is 18.0 Å². The second kappa shape index (κ2) is 9.10. The van der Waals surface area contributed by atoms with E-state index in [0.29, 0.717) is 41.9 Å². The van der Waals surface area contributed by atoms with E-state index in [1.54, 1.807) is 13.2 Å². The summed E-state index contributed by atoms with van der Waals surface area (Å²) in [6.45, 7) is 1.54. The molecule has 4 aromatic rings. The van der Waals surface area contributed by atoms with Gasteiger partial charge in [0, 0.05) is 43.0 Å². The van der Waals surface area contributed by atoms with Gasteiger partial charge in [-0.1, -0.05) is 12.1 Å². The maximum Gasteiger partial charge on any atom is 0.258 e. The number of methoxy groups -OCH3 is 1. The van der Waals surface area contributed by atoms with E-state index in [-0.39, 0.29) is 11.5 Å². The molecule has 5 rings (SSSR count). The SMILES string of the molecule is COc1ccc2[nH]cc(C3CCN(C(=O)CCCc4nc5ccccc5c(=O)[nH]4)CC3)c2c1. The predicted molar refractivity (Wildman–Crippen MR) is 129 cm³/mol. The number of amides is 1. The second-order valence-electron chi connectivity index (χ2n) is 8.69.